The van der Waals surface area contributed by atoms with Crippen molar-refractivity contribution in [3.63, 3.8) is 0 Å². The van der Waals surface area contributed by atoms with Crippen molar-refractivity contribution in [2.24, 2.45) is 0 Å². The third kappa shape index (κ3) is 4.94. The molecular weight excluding hydrogens is 254 g/mol. The molecule has 0 amide bonds. The molecule has 2 rings (SSSR count). The molecule has 110 valence electrons. The zero-order valence-electron chi connectivity index (χ0n) is 12.1. The molecule has 0 radical (unpaired) electrons. The molecule has 4 heteroatoms. The molecule has 1 saturated heterocycles. The molecular formula is C16H23NO3. The maximum Gasteiger partial charge on any atom is 0.320 e. The van der Waals surface area contributed by atoms with Crippen molar-refractivity contribution in [1.29, 1.82) is 0 Å². The lowest BCUT2D eigenvalue weighted by Gasteiger charge is -2.24. The van der Waals surface area contributed by atoms with Gasteiger partial charge in [-0.1, -0.05) is 30.3 Å². The highest BCUT2D eigenvalue weighted by molar-refractivity contribution is 5.71. The smallest absolute Gasteiger partial charge is 0.320 e. The molecule has 20 heavy (non-hydrogen) atoms. The van der Waals surface area contributed by atoms with Gasteiger partial charge in [0.15, 0.2) is 0 Å². The van der Waals surface area contributed by atoms with Crippen molar-refractivity contribution >= 4 is 5.97 Å². The third-order valence-electron chi connectivity index (χ3n) is 3.39. The third-order valence-corrected chi connectivity index (χ3v) is 3.39. The summed E-state index contributed by atoms with van der Waals surface area (Å²) in [5.74, 6) is -0.165. The van der Waals surface area contributed by atoms with Gasteiger partial charge in [0, 0.05) is 19.7 Å². The highest BCUT2D eigenvalue weighted by atomic mass is 16.5. The summed E-state index contributed by atoms with van der Waals surface area (Å²) < 4.78 is 10.7. The van der Waals surface area contributed by atoms with Gasteiger partial charge < -0.3 is 9.47 Å². The van der Waals surface area contributed by atoms with Gasteiger partial charge in [-0.3, -0.25) is 9.69 Å². The van der Waals surface area contributed by atoms with Crippen LogP contribution in [0.25, 0.3) is 0 Å². The van der Waals surface area contributed by atoms with Crippen LogP contribution in [0, 0.1) is 0 Å². The molecule has 1 aliphatic heterocycles. The topological polar surface area (TPSA) is 38.8 Å². The average Bonchev–Trinajstić information content (AvgIpc) is 2.93. The molecule has 1 aliphatic rings. The minimum absolute atomic E-state index is 0.165. The summed E-state index contributed by atoms with van der Waals surface area (Å²) in [6.45, 7) is 4.95. The van der Waals surface area contributed by atoms with Crippen molar-refractivity contribution in [1.82, 2.24) is 4.90 Å². The lowest BCUT2D eigenvalue weighted by atomic mass is 10.2. The van der Waals surface area contributed by atoms with Gasteiger partial charge in [-0.15, -0.1) is 0 Å². The van der Waals surface area contributed by atoms with Crippen LogP contribution in [0.4, 0.5) is 0 Å². The SMILES string of the molecule is CCOC(=O)CN(Cc1ccccc1)CC1CCCO1. The number of hydrogen-bond donors (Lipinski definition) is 0. The predicted octanol–water partition coefficient (Wildman–Crippen LogP) is 2.23. The monoisotopic (exact) mass is 277 g/mol. The minimum atomic E-state index is -0.165. The summed E-state index contributed by atoms with van der Waals surface area (Å²) in [7, 11) is 0. The van der Waals surface area contributed by atoms with Gasteiger partial charge in [0.2, 0.25) is 0 Å². The second-order valence-electron chi connectivity index (χ2n) is 5.10. The van der Waals surface area contributed by atoms with Crippen LogP contribution in [0.5, 0.6) is 0 Å². The molecule has 1 heterocycles. The predicted molar refractivity (Wildman–Crippen MR) is 77.3 cm³/mol. The molecule has 0 N–H and O–H groups in total. The van der Waals surface area contributed by atoms with E-state index in [1.54, 1.807) is 0 Å². The van der Waals surface area contributed by atoms with Crippen molar-refractivity contribution in [2.75, 3.05) is 26.3 Å². The Kier molecular flexibility index (Phi) is 6.02. The normalized spacial score (nSPS) is 18.4. The van der Waals surface area contributed by atoms with Crippen molar-refractivity contribution in [3.8, 4) is 0 Å². The van der Waals surface area contributed by atoms with Crippen molar-refractivity contribution in [2.45, 2.75) is 32.4 Å². The Morgan fingerprint density at radius 3 is 2.85 bits per heavy atom. The standard InChI is InChI=1S/C16H23NO3/c1-2-19-16(18)13-17(12-15-9-6-10-20-15)11-14-7-4-3-5-8-14/h3-5,7-8,15H,2,6,9-13H2,1H3. The van der Waals surface area contributed by atoms with E-state index in [-0.39, 0.29) is 12.1 Å². The number of carbonyl (C=O) groups excluding carboxylic acids is 1. The van der Waals surface area contributed by atoms with E-state index in [0.717, 1.165) is 32.5 Å². The van der Waals surface area contributed by atoms with Gasteiger partial charge in [0.1, 0.15) is 0 Å². The van der Waals surface area contributed by atoms with E-state index < -0.39 is 0 Å². The highest BCUT2D eigenvalue weighted by Crippen LogP contribution is 2.15. The number of esters is 1. The fourth-order valence-electron chi connectivity index (χ4n) is 2.49. The highest BCUT2D eigenvalue weighted by Gasteiger charge is 2.21. The van der Waals surface area contributed by atoms with Crippen LogP contribution < -0.4 is 0 Å². The van der Waals surface area contributed by atoms with E-state index in [9.17, 15) is 4.79 Å². The van der Waals surface area contributed by atoms with Crippen LogP contribution in [0.2, 0.25) is 0 Å². The quantitative estimate of drug-likeness (QED) is 0.716. The molecule has 1 aromatic carbocycles. The minimum Gasteiger partial charge on any atom is -0.465 e. The molecule has 1 aromatic rings. The number of hydrogen-bond acceptors (Lipinski definition) is 4. The molecule has 0 bridgehead atoms. The van der Waals surface area contributed by atoms with Crippen LogP contribution >= 0.6 is 0 Å². The molecule has 1 unspecified atom stereocenters. The number of nitrogens with zero attached hydrogens (tertiary/aromatic N) is 1. The van der Waals surface area contributed by atoms with Crippen molar-refractivity contribution in [3.05, 3.63) is 35.9 Å². The van der Waals surface area contributed by atoms with E-state index in [1.807, 2.05) is 25.1 Å². The van der Waals surface area contributed by atoms with Crippen LogP contribution in [-0.2, 0) is 20.8 Å². The fourth-order valence-corrected chi connectivity index (χ4v) is 2.49. The first-order valence-corrected chi connectivity index (χ1v) is 7.31. The second-order valence-corrected chi connectivity index (χ2v) is 5.10. The largest absolute Gasteiger partial charge is 0.465 e. The first kappa shape index (κ1) is 15.0. The summed E-state index contributed by atoms with van der Waals surface area (Å²) in [4.78, 5) is 13.8. The van der Waals surface area contributed by atoms with E-state index in [0.29, 0.717) is 13.2 Å². The molecule has 0 aromatic heterocycles. The zero-order valence-corrected chi connectivity index (χ0v) is 12.1. The van der Waals surface area contributed by atoms with Gasteiger partial charge in [-0.25, -0.2) is 0 Å². The molecule has 0 aliphatic carbocycles. The first-order valence-electron chi connectivity index (χ1n) is 7.31. The van der Waals surface area contributed by atoms with Gasteiger partial charge in [-0.2, -0.15) is 0 Å². The summed E-state index contributed by atoms with van der Waals surface area (Å²) >= 11 is 0. The maximum atomic E-state index is 11.7. The Balaban J connectivity index is 1.93. The fraction of sp³-hybridized carbons (Fsp3) is 0.562. The number of benzene rings is 1. The summed E-state index contributed by atoms with van der Waals surface area (Å²) in [5.41, 5.74) is 1.20. The Morgan fingerprint density at radius 2 is 2.20 bits per heavy atom. The number of carbonyl (C=O) groups is 1. The molecule has 1 fully saturated rings. The van der Waals surface area contributed by atoms with E-state index in [4.69, 9.17) is 9.47 Å². The molecule has 1 atom stereocenters. The van der Waals surface area contributed by atoms with Crippen LogP contribution in [0.1, 0.15) is 25.3 Å². The van der Waals surface area contributed by atoms with E-state index in [1.165, 1.54) is 5.56 Å². The summed E-state index contributed by atoms with van der Waals surface area (Å²) in [6, 6.07) is 10.2. The Bertz CT molecular complexity index is 401. The van der Waals surface area contributed by atoms with Gasteiger partial charge in [0.05, 0.1) is 19.3 Å². The number of ether oxygens (including phenoxy) is 2. The maximum absolute atomic E-state index is 11.7. The van der Waals surface area contributed by atoms with E-state index in [2.05, 4.69) is 17.0 Å². The molecule has 4 nitrogen and oxygen atoms in total. The molecule has 0 saturated carbocycles. The van der Waals surface area contributed by atoms with Gasteiger partial charge in [-0.05, 0) is 25.3 Å². The first-order chi connectivity index (χ1) is 9.78. The number of rotatable bonds is 7. The van der Waals surface area contributed by atoms with Crippen LogP contribution in [-0.4, -0.2) is 43.3 Å². The Morgan fingerprint density at radius 1 is 1.40 bits per heavy atom. The Hall–Kier alpha value is -1.39. The van der Waals surface area contributed by atoms with Gasteiger partial charge >= 0.3 is 5.97 Å². The summed E-state index contributed by atoms with van der Waals surface area (Å²) in [5, 5.41) is 0. The average molecular weight is 277 g/mol. The molecule has 0 spiro atoms. The second kappa shape index (κ2) is 8.02. The zero-order chi connectivity index (χ0) is 14.2. The van der Waals surface area contributed by atoms with Crippen LogP contribution in [0.15, 0.2) is 30.3 Å². The van der Waals surface area contributed by atoms with E-state index >= 15 is 0 Å². The van der Waals surface area contributed by atoms with Gasteiger partial charge in [0.25, 0.3) is 0 Å². The Labute approximate surface area is 120 Å². The lowest BCUT2D eigenvalue weighted by molar-refractivity contribution is -0.144. The van der Waals surface area contributed by atoms with Crippen LogP contribution in [0.3, 0.4) is 0 Å². The van der Waals surface area contributed by atoms with Crippen molar-refractivity contribution < 1.29 is 14.3 Å². The lowest BCUT2D eigenvalue weighted by Crippen LogP contribution is -2.36. The summed E-state index contributed by atoms with van der Waals surface area (Å²) in [6.07, 6.45) is 2.44.